The Morgan fingerprint density at radius 1 is 1.70 bits per heavy atom. The molecule has 0 aliphatic rings. The number of carboxylic acid groups (broad SMARTS) is 1. The maximum Gasteiger partial charge on any atom is 0.307 e. The Kier molecular flexibility index (Phi) is 5.13. The molecular formula is C6H11O3P. The molecule has 58 valence electrons. The van der Waals surface area contributed by atoms with Gasteiger partial charge in [-0.15, -0.1) is 0 Å². The summed E-state index contributed by atoms with van der Waals surface area (Å²) in [5.74, 6) is -1.27. The van der Waals surface area contributed by atoms with Crippen LogP contribution >= 0.6 is 8.46 Å². The Labute approximate surface area is 61.6 Å². The molecule has 4 heteroatoms. The zero-order valence-corrected chi connectivity index (χ0v) is 6.80. The van der Waals surface area contributed by atoms with Crippen LogP contribution < -0.4 is 0 Å². The molecule has 1 atom stereocenters. The summed E-state index contributed by atoms with van der Waals surface area (Å²) < 4.78 is 10.0. The van der Waals surface area contributed by atoms with E-state index in [-0.39, 0.29) is 14.6 Å². The lowest BCUT2D eigenvalue weighted by Gasteiger charge is -2.04. The average Bonchev–Trinajstić information content (AvgIpc) is 1.87. The highest BCUT2D eigenvalue weighted by Gasteiger charge is 2.15. The van der Waals surface area contributed by atoms with Gasteiger partial charge in [0.2, 0.25) is 0 Å². The highest BCUT2D eigenvalue weighted by Crippen LogP contribution is 2.11. The molecule has 0 saturated heterocycles. The van der Waals surface area contributed by atoms with E-state index in [1.54, 1.807) is 0 Å². The van der Waals surface area contributed by atoms with E-state index in [0.29, 0.717) is 6.42 Å². The average molecular weight is 162 g/mol. The fourth-order valence-electron chi connectivity index (χ4n) is 0.731. The van der Waals surface area contributed by atoms with Gasteiger partial charge in [0.15, 0.2) is 8.46 Å². The first kappa shape index (κ1) is 9.57. The smallest absolute Gasteiger partial charge is 0.307 e. The third-order valence-electron chi connectivity index (χ3n) is 1.28. The molecule has 1 unspecified atom stereocenters. The Hall–Kier alpha value is -0.430. The summed E-state index contributed by atoms with van der Waals surface area (Å²) in [6.07, 6.45) is 1.68. The SMILES string of the molecule is CCCC(CP=O)C(=O)O. The van der Waals surface area contributed by atoms with Crippen LogP contribution in [0.2, 0.25) is 0 Å². The predicted molar refractivity (Wildman–Crippen MR) is 38.5 cm³/mol. The molecule has 10 heavy (non-hydrogen) atoms. The quantitative estimate of drug-likeness (QED) is 0.627. The number of aliphatic carboxylic acids is 1. The van der Waals surface area contributed by atoms with E-state index in [1.165, 1.54) is 0 Å². The lowest BCUT2D eigenvalue weighted by atomic mass is 10.1. The first-order valence-corrected chi connectivity index (χ1v) is 4.24. The van der Waals surface area contributed by atoms with E-state index in [1.807, 2.05) is 6.92 Å². The number of rotatable bonds is 5. The molecule has 0 aliphatic heterocycles. The zero-order chi connectivity index (χ0) is 7.98. The Balaban J connectivity index is 3.71. The first-order valence-electron chi connectivity index (χ1n) is 3.24. The van der Waals surface area contributed by atoms with E-state index < -0.39 is 11.9 Å². The van der Waals surface area contributed by atoms with Crippen molar-refractivity contribution in [2.24, 2.45) is 5.92 Å². The van der Waals surface area contributed by atoms with E-state index >= 15 is 0 Å². The minimum atomic E-state index is -0.842. The Bertz CT molecular complexity index is 124. The second kappa shape index (κ2) is 5.36. The molecule has 0 radical (unpaired) electrons. The molecular weight excluding hydrogens is 151 g/mol. The number of carboxylic acids is 1. The van der Waals surface area contributed by atoms with Gasteiger partial charge < -0.3 is 5.11 Å². The van der Waals surface area contributed by atoms with Crippen molar-refractivity contribution < 1.29 is 14.5 Å². The van der Waals surface area contributed by atoms with Gasteiger partial charge in [0.1, 0.15) is 0 Å². The van der Waals surface area contributed by atoms with E-state index in [4.69, 9.17) is 5.11 Å². The van der Waals surface area contributed by atoms with Gasteiger partial charge in [-0.1, -0.05) is 13.3 Å². The number of carbonyl (C=O) groups is 1. The summed E-state index contributed by atoms with van der Waals surface area (Å²) in [4.78, 5) is 10.3. The summed E-state index contributed by atoms with van der Waals surface area (Å²) in [6, 6.07) is 0. The van der Waals surface area contributed by atoms with Crippen LogP contribution in [0.25, 0.3) is 0 Å². The summed E-state index contributed by atoms with van der Waals surface area (Å²) in [7, 11) is -0.0715. The fraction of sp³-hybridized carbons (Fsp3) is 0.833. The molecule has 0 bridgehead atoms. The molecule has 0 amide bonds. The van der Waals surface area contributed by atoms with Crippen molar-refractivity contribution in [3.8, 4) is 0 Å². The molecule has 0 heterocycles. The lowest BCUT2D eigenvalue weighted by molar-refractivity contribution is -0.141. The van der Waals surface area contributed by atoms with E-state index in [2.05, 4.69) is 0 Å². The van der Waals surface area contributed by atoms with Crippen molar-refractivity contribution in [3.05, 3.63) is 0 Å². The molecule has 0 aromatic heterocycles. The fourth-order valence-corrected chi connectivity index (χ4v) is 1.25. The van der Waals surface area contributed by atoms with Gasteiger partial charge >= 0.3 is 5.97 Å². The number of hydrogen-bond acceptors (Lipinski definition) is 2. The molecule has 0 spiro atoms. The van der Waals surface area contributed by atoms with Gasteiger partial charge in [-0.2, -0.15) is 0 Å². The van der Waals surface area contributed by atoms with Crippen LogP contribution in [0.5, 0.6) is 0 Å². The predicted octanol–water partition coefficient (Wildman–Crippen LogP) is 1.78. The van der Waals surface area contributed by atoms with Crippen LogP contribution in [0.15, 0.2) is 0 Å². The van der Waals surface area contributed by atoms with Crippen molar-refractivity contribution in [1.29, 1.82) is 0 Å². The molecule has 3 nitrogen and oxygen atoms in total. The van der Waals surface area contributed by atoms with Crippen molar-refractivity contribution in [1.82, 2.24) is 0 Å². The summed E-state index contributed by atoms with van der Waals surface area (Å²) >= 11 is 0. The second-order valence-electron chi connectivity index (χ2n) is 2.14. The maximum absolute atomic E-state index is 10.3. The molecule has 1 N–H and O–H groups in total. The summed E-state index contributed by atoms with van der Waals surface area (Å²) in [5, 5.41) is 8.49. The van der Waals surface area contributed by atoms with Crippen molar-refractivity contribution in [3.63, 3.8) is 0 Å². The normalized spacial score (nSPS) is 13.3. The van der Waals surface area contributed by atoms with Gasteiger partial charge in [-0.25, -0.2) is 0 Å². The molecule has 0 rings (SSSR count). The van der Waals surface area contributed by atoms with Crippen molar-refractivity contribution in [2.45, 2.75) is 19.8 Å². The van der Waals surface area contributed by atoms with Crippen LogP contribution in [0.1, 0.15) is 19.8 Å². The van der Waals surface area contributed by atoms with Gasteiger partial charge in [-0.3, -0.25) is 9.36 Å². The number of hydrogen-bond donors (Lipinski definition) is 1. The topological polar surface area (TPSA) is 54.4 Å². The van der Waals surface area contributed by atoms with E-state index in [0.717, 1.165) is 6.42 Å². The Morgan fingerprint density at radius 2 is 2.30 bits per heavy atom. The minimum Gasteiger partial charge on any atom is -0.481 e. The van der Waals surface area contributed by atoms with Crippen LogP contribution in [-0.4, -0.2) is 17.2 Å². The minimum absolute atomic E-state index is 0.0715. The highest BCUT2D eigenvalue weighted by molar-refractivity contribution is 7.23. The van der Waals surface area contributed by atoms with Gasteiger partial charge in [-0.05, 0) is 6.42 Å². The third kappa shape index (κ3) is 3.57. The highest BCUT2D eigenvalue weighted by atomic mass is 31.1. The van der Waals surface area contributed by atoms with Gasteiger partial charge in [0.05, 0.1) is 5.92 Å². The van der Waals surface area contributed by atoms with Crippen LogP contribution in [-0.2, 0) is 9.36 Å². The Morgan fingerprint density at radius 3 is 2.60 bits per heavy atom. The standard InChI is InChI=1S/C6H11O3P/c1-2-3-5(4-10-9)6(7)8/h5H,2-4H2,1H3,(H,7,8). The summed E-state index contributed by atoms with van der Waals surface area (Å²) in [6.45, 7) is 1.91. The first-order chi connectivity index (χ1) is 4.72. The van der Waals surface area contributed by atoms with Crippen molar-refractivity contribution >= 4 is 14.4 Å². The second-order valence-corrected chi connectivity index (χ2v) is 2.76. The molecule has 0 fully saturated rings. The van der Waals surface area contributed by atoms with Crippen LogP contribution in [0.4, 0.5) is 0 Å². The van der Waals surface area contributed by atoms with E-state index in [9.17, 15) is 9.36 Å². The van der Waals surface area contributed by atoms with Gasteiger partial charge in [0.25, 0.3) is 0 Å². The zero-order valence-electron chi connectivity index (χ0n) is 5.91. The van der Waals surface area contributed by atoms with Crippen LogP contribution in [0, 0.1) is 5.92 Å². The molecule has 0 aromatic carbocycles. The largest absolute Gasteiger partial charge is 0.481 e. The van der Waals surface area contributed by atoms with Crippen LogP contribution in [0.3, 0.4) is 0 Å². The third-order valence-corrected chi connectivity index (χ3v) is 1.87. The summed E-state index contributed by atoms with van der Waals surface area (Å²) in [5.41, 5.74) is 0. The molecule has 0 aromatic rings. The van der Waals surface area contributed by atoms with Crippen molar-refractivity contribution in [2.75, 3.05) is 6.16 Å². The monoisotopic (exact) mass is 162 g/mol. The lowest BCUT2D eigenvalue weighted by Crippen LogP contribution is -2.14. The molecule has 0 aliphatic carbocycles. The maximum atomic E-state index is 10.3. The molecule has 0 saturated carbocycles. The van der Waals surface area contributed by atoms with Gasteiger partial charge in [0, 0.05) is 6.16 Å².